The van der Waals surface area contributed by atoms with Crippen molar-refractivity contribution in [3.05, 3.63) is 21.7 Å². The van der Waals surface area contributed by atoms with Crippen LogP contribution in [0.5, 0.6) is 0 Å². The Balaban J connectivity index is -0.0000000459. The van der Waals surface area contributed by atoms with E-state index < -0.39 is 0 Å². The zero-order valence-electron chi connectivity index (χ0n) is 14.6. The standard InChI is InChI=1S/C5H12N.3C3H8N.Ta/c1-4-5(2,3)6;3*1-3-4-2;/h6H,4H2,1-3H3;3*3H2,1-2H3;/q4*-1;. The maximum atomic E-state index is 7.18. The van der Waals surface area contributed by atoms with Crippen LogP contribution in [0.25, 0.3) is 21.7 Å². The van der Waals surface area contributed by atoms with Crippen LogP contribution < -0.4 is 0 Å². The minimum Gasteiger partial charge on any atom is -0.672 e. The summed E-state index contributed by atoms with van der Waals surface area (Å²) in [5.41, 5.74) is 6.97. The van der Waals surface area contributed by atoms with E-state index in [0.717, 1.165) is 26.1 Å². The summed E-state index contributed by atoms with van der Waals surface area (Å²) in [6, 6.07) is 0. The van der Waals surface area contributed by atoms with Crippen LogP contribution in [0.1, 0.15) is 48.0 Å². The van der Waals surface area contributed by atoms with Gasteiger partial charge in [0, 0.05) is 22.4 Å². The Bertz CT molecular complexity index is 90.6. The summed E-state index contributed by atoms with van der Waals surface area (Å²) in [5, 5.41) is 11.2. The first-order valence-electron chi connectivity index (χ1n) is 6.72. The predicted molar refractivity (Wildman–Crippen MR) is 88.2 cm³/mol. The molecule has 0 rings (SSSR count). The van der Waals surface area contributed by atoms with Crippen molar-refractivity contribution in [2.45, 2.75) is 53.5 Å². The molecule has 4 nitrogen and oxygen atoms in total. The molecule has 0 spiro atoms. The third kappa shape index (κ3) is 118. The Hall–Kier alpha value is 0.580. The number of hydrogen-bond acceptors (Lipinski definition) is 0. The van der Waals surface area contributed by atoms with Gasteiger partial charge in [0.25, 0.3) is 0 Å². The van der Waals surface area contributed by atoms with Gasteiger partial charge in [-0.1, -0.05) is 48.0 Å². The molecule has 121 valence electrons. The van der Waals surface area contributed by atoms with Gasteiger partial charge in [-0.15, -0.1) is 5.54 Å². The smallest absolute Gasteiger partial charge is 0 e. The second-order valence-corrected chi connectivity index (χ2v) is 4.13. The second-order valence-electron chi connectivity index (χ2n) is 4.13. The van der Waals surface area contributed by atoms with Crippen LogP contribution in [-0.2, 0) is 22.4 Å². The van der Waals surface area contributed by atoms with E-state index in [1.807, 2.05) is 41.5 Å². The Morgan fingerprint density at radius 2 is 0.842 bits per heavy atom. The third-order valence-corrected chi connectivity index (χ3v) is 1.83. The van der Waals surface area contributed by atoms with Crippen LogP contribution in [0.2, 0.25) is 0 Å². The topological polar surface area (TPSA) is 66.1 Å². The van der Waals surface area contributed by atoms with Gasteiger partial charge in [-0.25, -0.2) is 0 Å². The fourth-order valence-corrected chi connectivity index (χ4v) is 0. The fourth-order valence-electron chi connectivity index (χ4n) is 0. The molecule has 0 amide bonds. The van der Waals surface area contributed by atoms with Gasteiger partial charge in [-0.05, 0) is 0 Å². The molecule has 19 heavy (non-hydrogen) atoms. The summed E-state index contributed by atoms with van der Waals surface area (Å²) >= 11 is 0. The monoisotopic (exact) mass is 441 g/mol. The molecule has 0 aliphatic rings. The van der Waals surface area contributed by atoms with E-state index in [-0.39, 0.29) is 27.9 Å². The molecule has 0 aliphatic heterocycles. The van der Waals surface area contributed by atoms with E-state index in [4.69, 9.17) is 5.73 Å². The fraction of sp³-hybridized carbons (Fsp3) is 1.00. The molecule has 0 aromatic carbocycles. The minimum absolute atomic E-state index is 0. The van der Waals surface area contributed by atoms with E-state index in [1.165, 1.54) is 0 Å². The average Bonchev–Trinajstić information content (AvgIpc) is 2.38. The zero-order chi connectivity index (χ0) is 15.4. The van der Waals surface area contributed by atoms with Crippen molar-refractivity contribution >= 4 is 0 Å². The largest absolute Gasteiger partial charge is 0.672 e. The maximum absolute atomic E-state index is 7.18. The SMILES string of the molecule is CCC(C)(C)[NH-].CC[N-]C.CC[N-]C.CC[N-]C.[Ta]. The Kier molecular flexibility index (Phi) is 52.1. The first kappa shape index (κ1) is 31.8. The molecule has 0 bridgehead atoms. The average molecular weight is 441 g/mol. The zero-order valence-corrected chi connectivity index (χ0v) is 17.8. The summed E-state index contributed by atoms with van der Waals surface area (Å²) in [7, 11) is 5.42. The van der Waals surface area contributed by atoms with Crippen molar-refractivity contribution < 1.29 is 22.4 Å². The minimum atomic E-state index is -0.208. The van der Waals surface area contributed by atoms with Crippen molar-refractivity contribution in [3.63, 3.8) is 0 Å². The van der Waals surface area contributed by atoms with E-state index in [2.05, 4.69) is 16.0 Å². The molecular weight excluding hydrogens is 405 g/mol. The first-order valence-corrected chi connectivity index (χ1v) is 6.72. The van der Waals surface area contributed by atoms with Gasteiger partial charge >= 0.3 is 0 Å². The molecule has 0 saturated heterocycles. The Labute approximate surface area is 138 Å². The van der Waals surface area contributed by atoms with Gasteiger partial charge in [0.1, 0.15) is 0 Å². The normalized spacial score (nSPS) is 8.53. The Morgan fingerprint density at radius 3 is 0.842 bits per heavy atom. The van der Waals surface area contributed by atoms with Gasteiger partial charge in [0.2, 0.25) is 0 Å². The number of hydrogen-bond donors (Lipinski definition) is 0. The Morgan fingerprint density at radius 1 is 0.737 bits per heavy atom. The van der Waals surface area contributed by atoms with Crippen LogP contribution >= 0.6 is 0 Å². The second kappa shape index (κ2) is 31.1. The molecule has 1 radical (unpaired) electrons. The molecule has 0 atom stereocenters. The number of nitrogens with one attached hydrogen (secondary N) is 1. The third-order valence-electron chi connectivity index (χ3n) is 1.83. The molecule has 0 aromatic heterocycles. The molecule has 0 fully saturated rings. The van der Waals surface area contributed by atoms with E-state index >= 15 is 0 Å². The molecule has 5 heteroatoms. The van der Waals surface area contributed by atoms with Gasteiger partial charge in [-0.2, -0.15) is 40.8 Å². The van der Waals surface area contributed by atoms with Crippen molar-refractivity contribution in [2.75, 3.05) is 40.8 Å². The van der Waals surface area contributed by atoms with Crippen molar-refractivity contribution in [3.8, 4) is 0 Å². The van der Waals surface area contributed by atoms with E-state index in [1.54, 1.807) is 21.1 Å². The van der Waals surface area contributed by atoms with Gasteiger partial charge in [-0.3, -0.25) is 0 Å². The molecule has 0 unspecified atom stereocenters. The summed E-state index contributed by atoms with van der Waals surface area (Å²) in [5.74, 6) is 0. The summed E-state index contributed by atoms with van der Waals surface area (Å²) in [6.07, 6.45) is 0.938. The molecular formula is C14H36N4Ta-4. The van der Waals surface area contributed by atoms with Crippen molar-refractivity contribution in [2.24, 2.45) is 0 Å². The summed E-state index contributed by atoms with van der Waals surface area (Å²) in [6.45, 7) is 14.7. The molecule has 0 heterocycles. The van der Waals surface area contributed by atoms with E-state index in [0.29, 0.717) is 0 Å². The predicted octanol–water partition coefficient (Wildman–Crippen LogP) is 5.25. The number of rotatable bonds is 4. The van der Waals surface area contributed by atoms with Crippen molar-refractivity contribution in [1.29, 1.82) is 0 Å². The molecule has 1 N–H and O–H groups in total. The van der Waals surface area contributed by atoms with Crippen molar-refractivity contribution in [1.82, 2.24) is 0 Å². The maximum Gasteiger partial charge on any atom is 0 e. The van der Waals surface area contributed by atoms with Crippen LogP contribution in [0.15, 0.2) is 0 Å². The number of nitrogens with zero attached hydrogens (tertiary/aromatic N) is 3. The van der Waals surface area contributed by atoms with Crippen LogP contribution in [0.4, 0.5) is 0 Å². The summed E-state index contributed by atoms with van der Waals surface area (Å²) < 4.78 is 0. The van der Waals surface area contributed by atoms with E-state index in [9.17, 15) is 0 Å². The molecule has 0 aromatic rings. The molecule has 0 aliphatic carbocycles. The van der Waals surface area contributed by atoms with Gasteiger partial charge in [0.05, 0.1) is 0 Å². The van der Waals surface area contributed by atoms with Gasteiger partial charge < -0.3 is 21.7 Å². The quantitative estimate of drug-likeness (QED) is 0.572. The van der Waals surface area contributed by atoms with Crippen LogP contribution in [0.3, 0.4) is 0 Å². The van der Waals surface area contributed by atoms with Crippen LogP contribution in [-0.4, -0.2) is 46.3 Å². The van der Waals surface area contributed by atoms with Crippen LogP contribution in [0, 0.1) is 0 Å². The molecule has 0 saturated carbocycles. The first-order chi connectivity index (χ1) is 8.30. The summed E-state index contributed by atoms with van der Waals surface area (Å²) in [4.78, 5) is 0. The van der Waals surface area contributed by atoms with Gasteiger partial charge in [0.15, 0.2) is 0 Å².